The Morgan fingerprint density at radius 1 is 1.19 bits per heavy atom. The number of nitrogens with one attached hydrogen (secondary N) is 1. The number of rotatable bonds is 5. The van der Waals surface area contributed by atoms with Crippen LogP contribution in [-0.4, -0.2) is 32.4 Å². The summed E-state index contributed by atoms with van der Waals surface area (Å²) in [5, 5.41) is 15.6. The van der Waals surface area contributed by atoms with Crippen LogP contribution in [0, 0.1) is 11.3 Å². The second-order valence-corrected chi connectivity index (χ2v) is 9.41. The first-order valence-electron chi connectivity index (χ1n) is 10.1. The average Bonchev–Trinajstić information content (AvgIpc) is 3.21. The number of nitriles is 1. The second kappa shape index (κ2) is 8.66. The van der Waals surface area contributed by atoms with Crippen molar-refractivity contribution in [2.75, 3.05) is 0 Å². The maximum absolute atomic E-state index is 13.9. The van der Waals surface area contributed by atoms with E-state index in [0.29, 0.717) is 12.8 Å². The lowest BCUT2D eigenvalue weighted by Gasteiger charge is -2.19. The molecule has 0 bridgehead atoms. The fourth-order valence-electron chi connectivity index (χ4n) is 3.46. The molecule has 1 amide bonds. The molecule has 1 aliphatic rings. The quantitative estimate of drug-likeness (QED) is 0.364. The van der Waals surface area contributed by atoms with Crippen LogP contribution >= 0.6 is 22.9 Å². The number of hydrogen-bond donors (Lipinski definition) is 1. The molecule has 196 valence electrons. The summed E-state index contributed by atoms with van der Waals surface area (Å²) in [6.45, 7) is 0. The molecule has 0 radical (unpaired) electrons. The van der Waals surface area contributed by atoms with Crippen molar-refractivity contribution in [2.24, 2.45) is 7.05 Å². The number of hydrogen-bond acceptors (Lipinski definition) is 5. The van der Waals surface area contributed by atoms with Crippen molar-refractivity contribution >= 4 is 28.8 Å². The van der Waals surface area contributed by atoms with Crippen LogP contribution in [0.5, 0.6) is 0 Å². The Balaban J connectivity index is 1.77. The summed E-state index contributed by atoms with van der Waals surface area (Å²) in [7, 11) is 0.785. The van der Waals surface area contributed by atoms with Gasteiger partial charge in [0.15, 0.2) is 5.69 Å². The van der Waals surface area contributed by atoms with Crippen LogP contribution in [0.3, 0.4) is 0 Å². The first kappa shape index (κ1) is 26.8. The number of aryl methyl sites for hydroxylation is 1. The van der Waals surface area contributed by atoms with Crippen molar-refractivity contribution in [3.63, 3.8) is 0 Å². The molecular formula is C21H12ClF8N5OS. The van der Waals surface area contributed by atoms with Crippen molar-refractivity contribution in [2.45, 2.75) is 36.7 Å². The van der Waals surface area contributed by atoms with E-state index in [4.69, 9.17) is 16.9 Å². The maximum atomic E-state index is 13.9. The molecule has 16 heteroatoms. The predicted octanol–water partition coefficient (Wildman–Crippen LogP) is 6.32. The standard InChI is InChI=1S/C21H12ClF8N5OS/c1-35-14(13(20(25,26)27)15(34-35)19(23,24)21(28,29)30)12-7-37-17(32-12)9-2-3-11(22)10(6-9)16(36)33-18(8-31)4-5-18/h2-3,6-7H,4-5H2,1H3,(H,33,36). The summed E-state index contributed by atoms with van der Waals surface area (Å²) in [6, 6.07) is 5.94. The largest absolute Gasteiger partial charge is 0.459 e. The smallest absolute Gasteiger partial charge is 0.334 e. The van der Waals surface area contributed by atoms with E-state index in [1.807, 2.05) is 6.07 Å². The normalized spacial score (nSPS) is 15.4. The molecule has 6 nitrogen and oxygen atoms in total. The van der Waals surface area contributed by atoms with Gasteiger partial charge in [0.2, 0.25) is 0 Å². The Bertz CT molecular complexity index is 1430. The van der Waals surface area contributed by atoms with Crippen molar-refractivity contribution in [1.29, 1.82) is 5.26 Å². The minimum absolute atomic E-state index is 0.0109. The van der Waals surface area contributed by atoms with E-state index >= 15 is 0 Å². The predicted molar refractivity (Wildman–Crippen MR) is 115 cm³/mol. The highest BCUT2D eigenvalue weighted by Gasteiger charge is 2.64. The number of halogens is 9. The van der Waals surface area contributed by atoms with E-state index in [1.165, 1.54) is 18.2 Å². The molecule has 0 aliphatic heterocycles. The fraction of sp³-hybridized carbons (Fsp3) is 0.333. The van der Waals surface area contributed by atoms with Crippen molar-refractivity contribution in [3.8, 4) is 28.0 Å². The number of thiazole rings is 1. The average molecular weight is 570 g/mol. The Kier molecular flexibility index (Phi) is 6.27. The number of aromatic nitrogens is 3. The van der Waals surface area contributed by atoms with Crippen molar-refractivity contribution in [1.82, 2.24) is 20.1 Å². The molecule has 1 aromatic carbocycles. The molecule has 1 fully saturated rings. The monoisotopic (exact) mass is 569 g/mol. The number of benzene rings is 1. The molecular weight excluding hydrogens is 558 g/mol. The third kappa shape index (κ3) is 4.75. The molecule has 2 aromatic heterocycles. The number of amides is 1. The zero-order valence-corrected chi connectivity index (χ0v) is 19.8. The van der Waals surface area contributed by atoms with Crippen LogP contribution in [0.4, 0.5) is 35.1 Å². The lowest BCUT2D eigenvalue weighted by atomic mass is 10.1. The minimum Gasteiger partial charge on any atom is -0.334 e. The molecule has 0 spiro atoms. The Morgan fingerprint density at radius 2 is 1.84 bits per heavy atom. The molecule has 2 heterocycles. The molecule has 4 rings (SSSR count). The molecule has 1 saturated carbocycles. The zero-order chi connectivity index (χ0) is 27.6. The van der Waals surface area contributed by atoms with Gasteiger partial charge < -0.3 is 5.32 Å². The van der Waals surface area contributed by atoms with E-state index < -0.39 is 52.4 Å². The second-order valence-electron chi connectivity index (χ2n) is 8.15. The first-order valence-corrected chi connectivity index (χ1v) is 11.4. The summed E-state index contributed by atoms with van der Waals surface area (Å²) in [4.78, 5) is 16.6. The van der Waals surface area contributed by atoms with Crippen LogP contribution in [0.2, 0.25) is 5.02 Å². The maximum Gasteiger partial charge on any atom is 0.459 e. The highest BCUT2D eigenvalue weighted by Crippen LogP contribution is 2.50. The fourth-order valence-corrected chi connectivity index (χ4v) is 4.47. The van der Waals surface area contributed by atoms with E-state index in [1.54, 1.807) is 0 Å². The molecule has 1 aliphatic carbocycles. The van der Waals surface area contributed by atoms with E-state index in [2.05, 4.69) is 15.4 Å². The van der Waals surface area contributed by atoms with Gasteiger partial charge in [0.1, 0.15) is 21.8 Å². The summed E-state index contributed by atoms with van der Waals surface area (Å²) in [5.74, 6) is -6.55. The van der Waals surface area contributed by atoms with Gasteiger partial charge in [0, 0.05) is 18.0 Å². The van der Waals surface area contributed by atoms with Gasteiger partial charge in [-0.2, -0.15) is 45.5 Å². The Morgan fingerprint density at radius 3 is 2.38 bits per heavy atom. The molecule has 1 N–H and O–H groups in total. The minimum atomic E-state index is -6.32. The molecule has 0 unspecified atom stereocenters. The topological polar surface area (TPSA) is 83.6 Å². The van der Waals surface area contributed by atoms with Crippen LogP contribution in [0.15, 0.2) is 23.6 Å². The molecule has 0 saturated heterocycles. The van der Waals surface area contributed by atoms with Crippen molar-refractivity contribution in [3.05, 3.63) is 45.4 Å². The number of nitrogens with zero attached hydrogens (tertiary/aromatic N) is 4. The van der Waals surface area contributed by atoms with Gasteiger partial charge in [-0.1, -0.05) is 17.7 Å². The summed E-state index contributed by atoms with van der Waals surface area (Å²) in [6.07, 6.45) is -11.0. The number of carbonyl (C=O) groups excluding carboxylic acids is 1. The Labute approximate surface area is 211 Å². The highest BCUT2D eigenvalue weighted by atomic mass is 35.5. The van der Waals surface area contributed by atoms with Gasteiger partial charge in [0.25, 0.3) is 5.91 Å². The third-order valence-electron chi connectivity index (χ3n) is 5.51. The first-order chi connectivity index (χ1) is 17.0. The number of carbonyl (C=O) groups is 1. The SMILES string of the molecule is Cn1nc(C(F)(F)C(F)(F)F)c(C(F)(F)F)c1-c1csc(-c2ccc(Cl)c(C(=O)NC3(C#N)CC3)c2)n1. The van der Waals surface area contributed by atoms with Crippen LogP contribution < -0.4 is 5.32 Å². The molecule has 37 heavy (non-hydrogen) atoms. The molecule has 3 aromatic rings. The van der Waals surface area contributed by atoms with Crippen LogP contribution in [0.1, 0.15) is 34.5 Å². The van der Waals surface area contributed by atoms with Gasteiger partial charge in [-0.05, 0) is 25.0 Å². The van der Waals surface area contributed by atoms with Gasteiger partial charge >= 0.3 is 18.3 Å². The highest BCUT2D eigenvalue weighted by molar-refractivity contribution is 7.13. The number of alkyl halides is 8. The van der Waals surface area contributed by atoms with E-state index in [9.17, 15) is 39.9 Å². The summed E-state index contributed by atoms with van der Waals surface area (Å²) in [5.41, 5.74) is -7.27. The van der Waals surface area contributed by atoms with Crippen LogP contribution in [0.25, 0.3) is 22.0 Å². The zero-order valence-electron chi connectivity index (χ0n) is 18.2. The van der Waals surface area contributed by atoms with Gasteiger partial charge in [0.05, 0.1) is 22.3 Å². The third-order valence-corrected chi connectivity index (χ3v) is 6.73. The van der Waals surface area contributed by atoms with E-state index in [-0.39, 0.29) is 25.8 Å². The Hall–Kier alpha value is -3.25. The molecule has 0 atom stereocenters. The summed E-state index contributed by atoms with van der Waals surface area (Å²) < 4.78 is 108. The lowest BCUT2D eigenvalue weighted by Crippen LogP contribution is -2.36. The van der Waals surface area contributed by atoms with E-state index in [0.717, 1.165) is 23.8 Å². The van der Waals surface area contributed by atoms with Crippen LogP contribution in [-0.2, 0) is 19.1 Å². The van der Waals surface area contributed by atoms with Crippen molar-refractivity contribution < 1.29 is 39.9 Å². The lowest BCUT2D eigenvalue weighted by molar-refractivity contribution is -0.292. The van der Waals surface area contributed by atoms with Gasteiger partial charge in [-0.25, -0.2) is 4.98 Å². The van der Waals surface area contributed by atoms with Gasteiger partial charge in [-0.3, -0.25) is 9.48 Å². The summed E-state index contributed by atoms with van der Waals surface area (Å²) >= 11 is 6.83. The van der Waals surface area contributed by atoms with Gasteiger partial charge in [-0.15, -0.1) is 11.3 Å².